The molecule has 1 aliphatic rings. The third-order valence-electron chi connectivity index (χ3n) is 3.97. The van der Waals surface area contributed by atoms with E-state index in [0.717, 1.165) is 38.5 Å². The average Bonchev–Trinajstić information content (AvgIpc) is 2.46. The molecule has 0 amide bonds. The minimum absolute atomic E-state index is 0.410. The van der Waals surface area contributed by atoms with Crippen molar-refractivity contribution in [3.63, 3.8) is 0 Å². The Morgan fingerprint density at radius 3 is 2.63 bits per heavy atom. The maximum absolute atomic E-state index is 5.77. The molecule has 0 spiro atoms. The van der Waals surface area contributed by atoms with E-state index in [1.165, 1.54) is 19.3 Å². The largest absolute Gasteiger partial charge is 0.494 e. The van der Waals surface area contributed by atoms with Crippen LogP contribution in [-0.2, 0) is 4.74 Å². The normalized spacial score (nSPS) is 18.2. The third kappa shape index (κ3) is 4.51. The van der Waals surface area contributed by atoms with Gasteiger partial charge < -0.3 is 14.8 Å². The molecule has 0 bridgehead atoms. The zero-order chi connectivity index (χ0) is 13.4. The highest BCUT2D eigenvalue weighted by Gasteiger charge is 2.31. The molecule has 2 rings (SSSR count). The Hall–Kier alpha value is -1.06. The molecule has 3 heteroatoms. The number of nitrogens with one attached hydrogen (secondary N) is 1. The van der Waals surface area contributed by atoms with Gasteiger partial charge in [-0.15, -0.1) is 0 Å². The summed E-state index contributed by atoms with van der Waals surface area (Å²) in [5, 5.41) is 3.34. The third-order valence-corrected chi connectivity index (χ3v) is 3.97. The summed E-state index contributed by atoms with van der Waals surface area (Å²) in [4.78, 5) is 0. The zero-order valence-electron chi connectivity index (χ0n) is 11.9. The van der Waals surface area contributed by atoms with Crippen molar-refractivity contribution >= 4 is 0 Å². The molecular weight excluding hydrogens is 238 g/mol. The van der Waals surface area contributed by atoms with Crippen LogP contribution in [0.1, 0.15) is 25.7 Å². The molecule has 0 radical (unpaired) electrons. The van der Waals surface area contributed by atoms with Crippen LogP contribution in [0, 0.1) is 5.41 Å². The Bertz CT molecular complexity index is 342. The van der Waals surface area contributed by atoms with E-state index < -0.39 is 0 Å². The Morgan fingerprint density at radius 1 is 1.21 bits per heavy atom. The maximum atomic E-state index is 5.77. The number of hydrogen-bond acceptors (Lipinski definition) is 3. The number of para-hydroxylation sites is 1. The lowest BCUT2D eigenvalue weighted by atomic mass is 9.76. The zero-order valence-corrected chi connectivity index (χ0v) is 11.9. The lowest BCUT2D eigenvalue weighted by molar-refractivity contribution is 0.00874. The van der Waals surface area contributed by atoms with E-state index in [4.69, 9.17) is 9.47 Å². The number of benzene rings is 1. The van der Waals surface area contributed by atoms with Gasteiger partial charge >= 0.3 is 0 Å². The van der Waals surface area contributed by atoms with Gasteiger partial charge in [0.15, 0.2) is 0 Å². The van der Waals surface area contributed by atoms with E-state index >= 15 is 0 Å². The predicted molar refractivity (Wildman–Crippen MR) is 77.6 cm³/mol. The Labute approximate surface area is 116 Å². The van der Waals surface area contributed by atoms with E-state index in [0.29, 0.717) is 5.41 Å². The van der Waals surface area contributed by atoms with Gasteiger partial charge in [0, 0.05) is 19.8 Å². The summed E-state index contributed by atoms with van der Waals surface area (Å²) >= 11 is 0. The lowest BCUT2D eigenvalue weighted by Crippen LogP contribution is -2.38. The molecule has 1 heterocycles. The molecule has 3 nitrogen and oxygen atoms in total. The molecule has 1 aromatic carbocycles. The maximum Gasteiger partial charge on any atom is 0.119 e. The van der Waals surface area contributed by atoms with Gasteiger partial charge in [0.1, 0.15) is 5.75 Å². The van der Waals surface area contributed by atoms with Crippen molar-refractivity contribution in [3.05, 3.63) is 30.3 Å². The first-order chi connectivity index (χ1) is 9.35. The SMILES string of the molecule is CNCC1(CCCOc2ccccc2)CCOCC1. The van der Waals surface area contributed by atoms with E-state index in [2.05, 4.69) is 5.32 Å². The molecule has 1 aliphatic heterocycles. The molecule has 19 heavy (non-hydrogen) atoms. The fourth-order valence-electron chi connectivity index (χ4n) is 2.85. The van der Waals surface area contributed by atoms with Crippen molar-refractivity contribution in [2.75, 3.05) is 33.4 Å². The lowest BCUT2D eigenvalue weighted by Gasteiger charge is -2.37. The molecule has 0 aliphatic carbocycles. The number of hydrogen-bond donors (Lipinski definition) is 1. The first-order valence-corrected chi connectivity index (χ1v) is 7.25. The molecule has 0 aromatic heterocycles. The van der Waals surface area contributed by atoms with Gasteiger partial charge in [0.25, 0.3) is 0 Å². The standard InChI is InChI=1S/C16H25NO2/c1-17-14-16(9-12-18-13-10-16)8-5-11-19-15-6-3-2-4-7-15/h2-4,6-7,17H,5,8-14H2,1H3. The van der Waals surface area contributed by atoms with Crippen molar-refractivity contribution in [1.82, 2.24) is 5.32 Å². The second-order valence-electron chi connectivity index (χ2n) is 5.41. The molecular formula is C16H25NO2. The van der Waals surface area contributed by atoms with Crippen LogP contribution in [0.25, 0.3) is 0 Å². The van der Waals surface area contributed by atoms with Crippen LogP contribution in [0.3, 0.4) is 0 Å². The second-order valence-corrected chi connectivity index (χ2v) is 5.41. The molecule has 0 atom stereocenters. The molecule has 1 aromatic rings. The summed E-state index contributed by atoms with van der Waals surface area (Å²) in [6.45, 7) is 3.69. The minimum Gasteiger partial charge on any atom is -0.494 e. The van der Waals surface area contributed by atoms with Crippen molar-refractivity contribution in [2.45, 2.75) is 25.7 Å². The van der Waals surface area contributed by atoms with Crippen molar-refractivity contribution in [2.24, 2.45) is 5.41 Å². The van der Waals surface area contributed by atoms with E-state index in [9.17, 15) is 0 Å². The molecule has 1 N–H and O–H groups in total. The summed E-state index contributed by atoms with van der Waals surface area (Å²) in [6.07, 6.45) is 4.65. The van der Waals surface area contributed by atoms with Crippen LogP contribution in [0.2, 0.25) is 0 Å². The van der Waals surface area contributed by atoms with Crippen LogP contribution < -0.4 is 10.1 Å². The van der Waals surface area contributed by atoms with E-state index in [-0.39, 0.29) is 0 Å². The van der Waals surface area contributed by atoms with Gasteiger partial charge in [-0.05, 0) is 50.3 Å². The second kappa shape index (κ2) is 7.51. The Morgan fingerprint density at radius 2 is 1.95 bits per heavy atom. The molecule has 0 unspecified atom stereocenters. The number of ether oxygens (including phenoxy) is 2. The molecule has 1 fully saturated rings. The average molecular weight is 263 g/mol. The Kier molecular flexibility index (Phi) is 5.67. The predicted octanol–water partition coefficient (Wildman–Crippen LogP) is 2.86. The fraction of sp³-hybridized carbons (Fsp3) is 0.625. The summed E-state index contributed by atoms with van der Waals surface area (Å²) in [6, 6.07) is 10.1. The van der Waals surface area contributed by atoms with Gasteiger partial charge in [-0.2, -0.15) is 0 Å². The summed E-state index contributed by atoms with van der Waals surface area (Å²) in [5.41, 5.74) is 0.410. The fourth-order valence-corrected chi connectivity index (χ4v) is 2.85. The summed E-state index contributed by atoms with van der Waals surface area (Å²) in [5.74, 6) is 0.970. The van der Waals surface area contributed by atoms with Gasteiger partial charge in [0.05, 0.1) is 6.61 Å². The Balaban J connectivity index is 1.73. The monoisotopic (exact) mass is 263 g/mol. The van der Waals surface area contributed by atoms with Gasteiger partial charge in [0.2, 0.25) is 0 Å². The summed E-state index contributed by atoms with van der Waals surface area (Å²) < 4.78 is 11.3. The highest BCUT2D eigenvalue weighted by atomic mass is 16.5. The van der Waals surface area contributed by atoms with Gasteiger partial charge in [-0.1, -0.05) is 18.2 Å². The van der Waals surface area contributed by atoms with E-state index in [1.807, 2.05) is 37.4 Å². The van der Waals surface area contributed by atoms with Crippen molar-refractivity contribution in [3.8, 4) is 5.75 Å². The van der Waals surface area contributed by atoms with Crippen LogP contribution in [0.4, 0.5) is 0 Å². The summed E-state index contributed by atoms with van der Waals surface area (Å²) in [7, 11) is 2.04. The highest BCUT2D eigenvalue weighted by molar-refractivity contribution is 5.20. The van der Waals surface area contributed by atoms with Crippen LogP contribution in [-0.4, -0.2) is 33.4 Å². The minimum atomic E-state index is 0.410. The van der Waals surface area contributed by atoms with Gasteiger partial charge in [-0.3, -0.25) is 0 Å². The molecule has 0 saturated carbocycles. The molecule has 1 saturated heterocycles. The van der Waals surface area contributed by atoms with Crippen molar-refractivity contribution in [1.29, 1.82) is 0 Å². The van der Waals surface area contributed by atoms with Crippen LogP contribution in [0.5, 0.6) is 5.75 Å². The molecule has 106 valence electrons. The first-order valence-electron chi connectivity index (χ1n) is 7.25. The van der Waals surface area contributed by atoms with E-state index in [1.54, 1.807) is 0 Å². The number of rotatable bonds is 7. The highest BCUT2D eigenvalue weighted by Crippen LogP contribution is 2.34. The van der Waals surface area contributed by atoms with Gasteiger partial charge in [-0.25, -0.2) is 0 Å². The first kappa shape index (κ1) is 14.4. The topological polar surface area (TPSA) is 30.5 Å². The van der Waals surface area contributed by atoms with Crippen LogP contribution in [0.15, 0.2) is 30.3 Å². The smallest absolute Gasteiger partial charge is 0.119 e. The quantitative estimate of drug-likeness (QED) is 0.767. The van der Waals surface area contributed by atoms with Crippen molar-refractivity contribution < 1.29 is 9.47 Å². The van der Waals surface area contributed by atoms with Crippen LogP contribution >= 0.6 is 0 Å².